The number of thiazole rings is 1. The maximum absolute atomic E-state index is 12.4. The summed E-state index contributed by atoms with van der Waals surface area (Å²) >= 11 is 1.47. The van der Waals surface area contributed by atoms with Gasteiger partial charge in [-0.15, -0.1) is 0 Å². The van der Waals surface area contributed by atoms with E-state index < -0.39 is 0 Å². The van der Waals surface area contributed by atoms with Crippen LogP contribution >= 0.6 is 11.3 Å². The van der Waals surface area contributed by atoms with E-state index in [4.69, 9.17) is 5.26 Å². The first-order valence-electron chi connectivity index (χ1n) is 8.95. The topological polar surface area (TPSA) is 70.7 Å². The van der Waals surface area contributed by atoms with Gasteiger partial charge in [-0.2, -0.15) is 5.26 Å². The molecule has 2 heterocycles. The Labute approximate surface area is 166 Å². The summed E-state index contributed by atoms with van der Waals surface area (Å²) in [7, 11) is 0. The molecule has 6 heteroatoms. The molecule has 1 amide bonds. The van der Waals surface area contributed by atoms with E-state index in [0.717, 1.165) is 26.7 Å². The monoisotopic (exact) mass is 386 g/mol. The van der Waals surface area contributed by atoms with Gasteiger partial charge in [0.15, 0.2) is 5.13 Å². The number of nitriles is 1. The molecule has 4 aromatic rings. The second-order valence-electron chi connectivity index (χ2n) is 6.52. The Bertz CT molecular complexity index is 1240. The Morgan fingerprint density at radius 2 is 2.18 bits per heavy atom. The number of nitrogens with zero attached hydrogens (tertiary/aromatic N) is 3. The first-order valence-corrected chi connectivity index (χ1v) is 9.77. The van der Waals surface area contributed by atoms with Crippen LogP contribution in [-0.4, -0.2) is 15.5 Å². The summed E-state index contributed by atoms with van der Waals surface area (Å²) in [6, 6.07) is 16.2. The molecule has 0 aliphatic carbocycles. The minimum absolute atomic E-state index is 0.218. The number of fused-ring (bicyclic) bond motifs is 2. The summed E-state index contributed by atoms with van der Waals surface area (Å²) in [6.07, 6.45) is 5.75. The highest BCUT2D eigenvalue weighted by Crippen LogP contribution is 2.27. The molecule has 0 saturated heterocycles. The van der Waals surface area contributed by atoms with E-state index in [2.05, 4.69) is 22.4 Å². The van der Waals surface area contributed by atoms with Crippen molar-refractivity contribution in [1.29, 1.82) is 5.26 Å². The standard InChI is InChI=1S/C22H18N4OS/c1-15-7-9-18-20(13-15)28-22(24-18)25-21(27)10-8-16-14-26(12-4-11-23)19-6-3-2-5-17(16)19/h2-3,5-10,13-14H,4,12H2,1H3,(H,24,25,27)/b10-8+. The van der Waals surface area contributed by atoms with Gasteiger partial charge in [0.25, 0.3) is 0 Å². The van der Waals surface area contributed by atoms with Crippen molar-refractivity contribution in [2.45, 2.75) is 19.9 Å². The van der Waals surface area contributed by atoms with Crippen LogP contribution in [0.2, 0.25) is 0 Å². The third kappa shape index (κ3) is 3.66. The lowest BCUT2D eigenvalue weighted by Crippen LogP contribution is -2.07. The molecule has 5 nitrogen and oxygen atoms in total. The molecule has 2 aromatic carbocycles. The van der Waals surface area contributed by atoms with Crippen molar-refractivity contribution < 1.29 is 4.79 Å². The maximum atomic E-state index is 12.4. The molecule has 0 unspecified atom stereocenters. The van der Waals surface area contributed by atoms with Gasteiger partial charge in [0, 0.05) is 35.3 Å². The van der Waals surface area contributed by atoms with E-state index in [-0.39, 0.29) is 5.91 Å². The number of anilines is 1. The number of nitrogens with one attached hydrogen (secondary N) is 1. The van der Waals surface area contributed by atoms with Gasteiger partial charge in [0.2, 0.25) is 5.91 Å². The molecule has 0 aliphatic heterocycles. The second kappa shape index (κ2) is 7.67. The number of aryl methyl sites for hydroxylation is 2. The highest BCUT2D eigenvalue weighted by molar-refractivity contribution is 7.22. The largest absolute Gasteiger partial charge is 0.346 e. The third-order valence-corrected chi connectivity index (χ3v) is 5.41. The summed E-state index contributed by atoms with van der Waals surface area (Å²) in [5.41, 5.74) is 4.06. The van der Waals surface area contributed by atoms with Gasteiger partial charge in [-0.05, 0) is 36.8 Å². The Morgan fingerprint density at radius 3 is 3.04 bits per heavy atom. The van der Waals surface area contributed by atoms with Crippen LogP contribution in [0, 0.1) is 18.3 Å². The number of hydrogen-bond acceptors (Lipinski definition) is 4. The highest BCUT2D eigenvalue weighted by atomic mass is 32.1. The maximum Gasteiger partial charge on any atom is 0.250 e. The fraction of sp³-hybridized carbons (Fsp3) is 0.136. The van der Waals surface area contributed by atoms with E-state index in [0.29, 0.717) is 18.1 Å². The summed E-state index contributed by atoms with van der Waals surface area (Å²) in [5, 5.41) is 13.3. The molecule has 4 rings (SSSR count). The molecule has 1 N–H and O–H groups in total. The van der Waals surface area contributed by atoms with E-state index in [1.165, 1.54) is 23.0 Å². The lowest BCUT2D eigenvalue weighted by molar-refractivity contribution is -0.111. The summed E-state index contributed by atoms with van der Waals surface area (Å²) in [4.78, 5) is 16.8. The van der Waals surface area contributed by atoms with E-state index in [9.17, 15) is 4.79 Å². The van der Waals surface area contributed by atoms with Crippen molar-refractivity contribution in [2.75, 3.05) is 5.32 Å². The predicted molar refractivity (Wildman–Crippen MR) is 114 cm³/mol. The van der Waals surface area contributed by atoms with Crippen molar-refractivity contribution in [3.8, 4) is 6.07 Å². The van der Waals surface area contributed by atoms with Gasteiger partial charge in [0.1, 0.15) is 0 Å². The molecular formula is C22H18N4OS. The zero-order valence-electron chi connectivity index (χ0n) is 15.3. The number of hydrogen-bond donors (Lipinski definition) is 1. The number of carbonyl (C=O) groups excluding carboxylic acids is 1. The first-order chi connectivity index (χ1) is 13.6. The van der Waals surface area contributed by atoms with Crippen LogP contribution in [0.5, 0.6) is 0 Å². The second-order valence-corrected chi connectivity index (χ2v) is 7.55. The first kappa shape index (κ1) is 18.0. The van der Waals surface area contributed by atoms with Crippen molar-refractivity contribution in [2.24, 2.45) is 0 Å². The van der Waals surface area contributed by atoms with E-state index in [1.807, 2.05) is 54.1 Å². The van der Waals surface area contributed by atoms with Gasteiger partial charge in [-0.1, -0.05) is 35.6 Å². The fourth-order valence-corrected chi connectivity index (χ4v) is 4.13. The summed E-state index contributed by atoms with van der Waals surface area (Å²) in [6.45, 7) is 2.66. The van der Waals surface area contributed by atoms with Gasteiger partial charge in [-0.3, -0.25) is 10.1 Å². The van der Waals surface area contributed by atoms with Crippen molar-refractivity contribution in [1.82, 2.24) is 9.55 Å². The van der Waals surface area contributed by atoms with Crippen molar-refractivity contribution in [3.63, 3.8) is 0 Å². The average molecular weight is 386 g/mol. The van der Waals surface area contributed by atoms with Crippen molar-refractivity contribution >= 4 is 49.6 Å². The molecule has 0 fully saturated rings. The van der Waals surface area contributed by atoms with Crippen LogP contribution in [-0.2, 0) is 11.3 Å². The predicted octanol–water partition coefficient (Wildman–Crippen LogP) is 5.13. The fourth-order valence-electron chi connectivity index (χ4n) is 3.16. The Kier molecular flexibility index (Phi) is 4.92. The number of benzene rings is 2. The normalized spacial score (nSPS) is 11.3. The number of para-hydroxylation sites is 1. The zero-order chi connectivity index (χ0) is 19.5. The number of aromatic nitrogens is 2. The molecule has 0 atom stereocenters. The smallest absolute Gasteiger partial charge is 0.250 e. The molecule has 0 radical (unpaired) electrons. The molecule has 0 aliphatic rings. The number of rotatable bonds is 5. The quantitative estimate of drug-likeness (QED) is 0.484. The van der Waals surface area contributed by atoms with Gasteiger partial charge in [0.05, 0.1) is 22.7 Å². The summed E-state index contributed by atoms with van der Waals surface area (Å²) in [5.74, 6) is -0.218. The van der Waals surface area contributed by atoms with E-state index in [1.54, 1.807) is 6.08 Å². The molecule has 2 aromatic heterocycles. The minimum atomic E-state index is -0.218. The number of carbonyl (C=O) groups is 1. The van der Waals surface area contributed by atoms with Gasteiger partial charge >= 0.3 is 0 Å². The Balaban J connectivity index is 1.54. The Hall–Kier alpha value is -3.43. The van der Waals surface area contributed by atoms with Crippen molar-refractivity contribution in [3.05, 3.63) is 65.9 Å². The zero-order valence-corrected chi connectivity index (χ0v) is 16.2. The van der Waals surface area contributed by atoms with Crippen LogP contribution in [0.1, 0.15) is 17.5 Å². The molecule has 0 bridgehead atoms. The third-order valence-electron chi connectivity index (χ3n) is 4.47. The van der Waals surface area contributed by atoms with Crippen LogP contribution in [0.15, 0.2) is 54.7 Å². The lowest BCUT2D eigenvalue weighted by Gasteiger charge is -2.00. The Morgan fingerprint density at radius 1 is 1.32 bits per heavy atom. The molecule has 0 saturated carbocycles. The van der Waals surface area contributed by atoms with Crippen LogP contribution in [0.4, 0.5) is 5.13 Å². The van der Waals surface area contributed by atoms with Crippen LogP contribution in [0.3, 0.4) is 0 Å². The molecule has 138 valence electrons. The highest BCUT2D eigenvalue weighted by Gasteiger charge is 2.08. The minimum Gasteiger partial charge on any atom is -0.346 e. The van der Waals surface area contributed by atoms with Crippen LogP contribution in [0.25, 0.3) is 27.2 Å². The van der Waals surface area contributed by atoms with Gasteiger partial charge in [-0.25, -0.2) is 4.98 Å². The average Bonchev–Trinajstić information content (AvgIpc) is 3.25. The number of amides is 1. The van der Waals surface area contributed by atoms with E-state index >= 15 is 0 Å². The lowest BCUT2D eigenvalue weighted by atomic mass is 10.1. The molecule has 0 spiro atoms. The summed E-state index contributed by atoms with van der Waals surface area (Å²) < 4.78 is 3.10. The molecule has 28 heavy (non-hydrogen) atoms. The SMILES string of the molecule is Cc1ccc2nc(NC(=O)/C=C/c3cn(CCC#N)c4ccccc34)sc2c1. The molecular weight excluding hydrogens is 368 g/mol. The van der Waals surface area contributed by atoms with Gasteiger partial charge < -0.3 is 4.57 Å². The van der Waals surface area contributed by atoms with Crippen LogP contribution < -0.4 is 5.32 Å².